The van der Waals surface area contributed by atoms with Crippen molar-refractivity contribution in [2.75, 3.05) is 6.54 Å². The second-order valence-electron chi connectivity index (χ2n) is 6.58. The van der Waals surface area contributed by atoms with E-state index in [4.69, 9.17) is 0 Å². The van der Waals surface area contributed by atoms with E-state index < -0.39 is 0 Å². The molecule has 0 bridgehead atoms. The van der Waals surface area contributed by atoms with Crippen LogP contribution in [0.4, 0.5) is 0 Å². The zero-order valence-electron chi connectivity index (χ0n) is 13.6. The minimum atomic E-state index is 0.344. The van der Waals surface area contributed by atoms with Crippen molar-refractivity contribution < 1.29 is 0 Å². The van der Waals surface area contributed by atoms with Crippen LogP contribution in [0.1, 0.15) is 65.1 Å². The minimum Gasteiger partial charge on any atom is -0.309 e. The molecule has 0 heterocycles. The first-order valence-electron chi connectivity index (χ1n) is 7.73. The average Bonchev–Trinajstić information content (AvgIpc) is 2.40. The van der Waals surface area contributed by atoms with E-state index in [2.05, 4.69) is 71.1 Å². The zero-order chi connectivity index (χ0) is 14.5. The van der Waals surface area contributed by atoms with Gasteiger partial charge in [0.05, 0.1) is 0 Å². The first-order chi connectivity index (χ1) is 8.90. The monoisotopic (exact) mass is 261 g/mol. The van der Waals surface area contributed by atoms with E-state index in [9.17, 15) is 0 Å². The first-order valence-corrected chi connectivity index (χ1v) is 7.73. The van der Waals surface area contributed by atoms with E-state index in [1.165, 1.54) is 11.1 Å². The second kappa shape index (κ2) is 7.09. The van der Waals surface area contributed by atoms with Gasteiger partial charge in [-0.05, 0) is 35.3 Å². The summed E-state index contributed by atoms with van der Waals surface area (Å²) < 4.78 is 0. The van der Waals surface area contributed by atoms with E-state index >= 15 is 0 Å². The highest BCUT2D eigenvalue weighted by Gasteiger charge is 2.23. The molecule has 108 valence electrons. The second-order valence-corrected chi connectivity index (χ2v) is 6.58. The Hall–Kier alpha value is -0.820. The van der Waals surface area contributed by atoms with Crippen LogP contribution in [-0.4, -0.2) is 6.54 Å². The highest BCUT2D eigenvalue weighted by atomic mass is 14.9. The van der Waals surface area contributed by atoms with Crippen LogP contribution in [0.2, 0.25) is 0 Å². The van der Waals surface area contributed by atoms with Gasteiger partial charge in [-0.2, -0.15) is 0 Å². The molecule has 1 atom stereocenters. The molecular formula is C18H31N. The number of hydrogen-bond donors (Lipinski definition) is 1. The summed E-state index contributed by atoms with van der Waals surface area (Å²) in [6, 6.07) is 9.55. The van der Waals surface area contributed by atoms with Crippen molar-refractivity contribution in [1.29, 1.82) is 0 Å². The van der Waals surface area contributed by atoms with Crippen LogP contribution >= 0.6 is 0 Å². The molecule has 1 unspecified atom stereocenters. The quantitative estimate of drug-likeness (QED) is 0.730. The number of hydrogen-bond acceptors (Lipinski definition) is 1. The van der Waals surface area contributed by atoms with E-state index in [1.807, 2.05) is 0 Å². The highest BCUT2D eigenvalue weighted by molar-refractivity contribution is 5.25. The van der Waals surface area contributed by atoms with Gasteiger partial charge in [-0.1, -0.05) is 65.8 Å². The van der Waals surface area contributed by atoms with Crippen molar-refractivity contribution in [3.63, 3.8) is 0 Å². The fraction of sp³-hybridized carbons (Fsp3) is 0.667. The third-order valence-electron chi connectivity index (χ3n) is 4.57. The van der Waals surface area contributed by atoms with Crippen LogP contribution < -0.4 is 5.32 Å². The van der Waals surface area contributed by atoms with Crippen molar-refractivity contribution in [2.45, 2.75) is 60.4 Å². The molecule has 0 spiro atoms. The maximum atomic E-state index is 3.74. The maximum Gasteiger partial charge on any atom is 0.0317 e. The van der Waals surface area contributed by atoms with Gasteiger partial charge in [-0.15, -0.1) is 0 Å². The molecule has 1 aromatic carbocycles. The lowest BCUT2D eigenvalue weighted by Crippen LogP contribution is -2.35. The Kier molecular flexibility index (Phi) is 6.06. The predicted molar refractivity (Wildman–Crippen MR) is 85.5 cm³/mol. The lowest BCUT2D eigenvalue weighted by Gasteiger charge is -2.32. The van der Waals surface area contributed by atoms with E-state index in [0.717, 1.165) is 19.4 Å². The topological polar surface area (TPSA) is 12.0 Å². The summed E-state index contributed by atoms with van der Waals surface area (Å²) in [6.07, 6.45) is 2.25. The van der Waals surface area contributed by atoms with Crippen molar-refractivity contribution in [3.8, 4) is 0 Å². The lowest BCUT2D eigenvalue weighted by molar-refractivity contribution is 0.227. The molecule has 0 saturated heterocycles. The van der Waals surface area contributed by atoms with Gasteiger partial charge in [0.15, 0.2) is 0 Å². The van der Waals surface area contributed by atoms with Crippen molar-refractivity contribution in [3.05, 3.63) is 35.4 Å². The van der Waals surface area contributed by atoms with E-state index in [-0.39, 0.29) is 0 Å². The number of aryl methyl sites for hydroxylation is 1. The van der Waals surface area contributed by atoms with Gasteiger partial charge in [-0.3, -0.25) is 0 Å². The van der Waals surface area contributed by atoms with Gasteiger partial charge in [0.2, 0.25) is 0 Å². The van der Waals surface area contributed by atoms with Crippen LogP contribution in [0, 0.1) is 11.3 Å². The minimum absolute atomic E-state index is 0.344. The van der Waals surface area contributed by atoms with Crippen molar-refractivity contribution in [1.82, 2.24) is 5.32 Å². The third-order valence-corrected chi connectivity index (χ3v) is 4.57. The Labute approximate surface area is 119 Å². The molecule has 0 radical (unpaired) electrons. The summed E-state index contributed by atoms with van der Waals surface area (Å²) in [5.74, 6) is 0.694. The van der Waals surface area contributed by atoms with Gasteiger partial charge in [0, 0.05) is 12.6 Å². The van der Waals surface area contributed by atoms with Gasteiger partial charge in [-0.25, -0.2) is 0 Å². The summed E-state index contributed by atoms with van der Waals surface area (Å²) in [5, 5.41) is 3.74. The van der Waals surface area contributed by atoms with Gasteiger partial charge in [0.25, 0.3) is 0 Å². The smallest absolute Gasteiger partial charge is 0.0317 e. The fourth-order valence-corrected chi connectivity index (χ4v) is 2.07. The SMILES string of the molecule is CCc1ccc(C(CC)NCC(C)(C)C(C)C)cc1. The molecule has 0 aliphatic rings. The molecule has 0 aliphatic carbocycles. The van der Waals surface area contributed by atoms with Crippen LogP contribution in [0.3, 0.4) is 0 Å². The van der Waals surface area contributed by atoms with Gasteiger partial charge < -0.3 is 5.32 Å². The third kappa shape index (κ3) is 4.65. The Balaban J connectivity index is 2.67. The molecule has 19 heavy (non-hydrogen) atoms. The number of benzene rings is 1. The van der Waals surface area contributed by atoms with Crippen molar-refractivity contribution >= 4 is 0 Å². The molecule has 1 aromatic rings. The molecule has 0 saturated carbocycles. The molecule has 0 aromatic heterocycles. The maximum absolute atomic E-state index is 3.74. The number of nitrogens with one attached hydrogen (secondary N) is 1. The summed E-state index contributed by atoms with van der Waals surface area (Å²) >= 11 is 0. The summed E-state index contributed by atoms with van der Waals surface area (Å²) in [6.45, 7) is 14.8. The summed E-state index contributed by atoms with van der Waals surface area (Å²) in [5.41, 5.74) is 3.18. The van der Waals surface area contributed by atoms with Gasteiger partial charge in [0.1, 0.15) is 0 Å². The van der Waals surface area contributed by atoms with Crippen LogP contribution in [0.25, 0.3) is 0 Å². The molecule has 1 heteroatoms. The molecule has 1 rings (SSSR count). The number of rotatable bonds is 7. The Morgan fingerprint density at radius 2 is 1.63 bits per heavy atom. The highest BCUT2D eigenvalue weighted by Crippen LogP contribution is 2.27. The zero-order valence-corrected chi connectivity index (χ0v) is 13.6. The first kappa shape index (κ1) is 16.2. The Morgan fingerprint density at radius 3 is 2.05 bits per heavy atom. The predicted octanol–water partition coefficient (Wildman–Crippen LogP) is 4.97. The van der Waals surface area contributed by atoms with Crippen LogP contribution in [-0.2, 0) is 6.42 Å². The van der Waals surface area contributed by atoms with Crippen molar-refractivity contribution in [2.24, 2.45) is 11.3 Å². The molecule has 0 amide bonds. The Morgan fingerprint density at radius 1 is 1.05 bits per heavy atom. The molecule has 0 fully saturated rings. The molecule has 1 N–H and O–H groups in total. The Bertz CT molecular complexity index is 362. The molecule has 1 nitrogen and oxygen atoms in total. The lowest BCUT2D eigenvalue weighted by atomic mass is 9.81. The average molecular weight is 261 g/mol. The molecule has 0 aliphatic heterocycles. The van der Waals surface area contributed by atoms with E-state index in [0.29, 0.717) is 17.4 Å². The largest absolute Gasteiger partial charge is 0.309 e. The fourth-order valence-electron chi connectivity index (χ4n) is 2.07. The summed E-state index contributed by atoms with van der Waals surface area (Å²) in [4.78, 5) is 0. The van der Waals surface area contributed by atoms with Crippen LogP contribution in [0.5, 0.6) is 0 Å². The van der Waals surface area contributed by atoms with Crippen LogP contribution in [0.15, 0.2) is 24.3 Å². The van der Waals surface area contributed by atoms with Gasteiger partial charge >= 0.3 is 0 Å². The molecular weight excluding hydrogens is 230 g/mol. The standard InChI is InChI=1S/C18H31N/c1-7-15-9-11-16(12-10-15)17(8-2)19-13-18(5,6)14(3)4/h9-12,14,17,19H,7-8,13H2,1-6H3. The summed E-state index contributed by atoms with van der Waals surface area (Å²) in [7, 11) is 0. The van der Waals surface area contributed by atoms with E-state index in [1.54, 1.807) is 0 Å². The normalized spacial score (nSPS) is 13.8.